The van der Waals surface area contributed by atoms with Crippen LogP contribution in [-0.4, -0.2) is 10.3 Å². The summed E-state index contributed by atoms with van der Waals surface area (Å²) < 4.78 is 15.7. The fourth-order valence-electron chi connectivity index (χ4n) is 3.91. The maximum Gasteiger partial charge on any atom is 0.143 e. The molecule has 0 unspecified atom stereocenters. The van der Waals surface area contributed by atoms with E-state index in [-0.39, 0.29) is 12.4 Å². The van der Waals surface area contributed by atoms with E-state index in [1.165, 1.54) is 12.1 Å². The van der Waals surface area contributed by atoms with Crippen molar-refractivity contribution in [1.29, 1.82) is 5.26 Å². The molecule has 0 saturated heterocycles. The number of aryl methyl sites for hydroxylation is 1. The number of hydrogen-bond donors (Lipinski definition) is 0. The zero-order valence-electron chi connectivity index (χ0n) is 18.8. The van der Waals surface area contributed by atoms with E-state index in [4.69, 9.17) is 4.84 Å². The van der Waals surface area contributed by atoms with Crippen LogP contribution in [0.5, 0.6) is 0 Å². The van der Waals surface area contributed by atoms with Crippen LogP contribution in [0.4, 0.5) is 4.39 Å². The van der Waals surface area contributed by atoms with Gasteiger partial charge >= 0.3 is 0 Å². The summed E-state index contributed by atoms with van der Waals surface area (Å²) in [6.45, 7) is 6.20. The summed E-state index contributed by atoms with van der Waals surface area (Å²) in [5, 5.41) is 13.6. The molecule has 164 valence electrons. The van der Waals surface area contributed by atoms with Crippen LogP contribution >= 0.6 is 0 Å². The van der Waals surface area contributed by atoms with Crippen molar-refractivity contribution in [2.75, 3.05) is 0 Å². The van der Waals surface area contributed by atoms with Crippen molar-refractivity contribution in [3.05, 3.63) is 113 Å². The van der Waals surface area contributed by atoms with Gasteiger partial charge in [-0.25, -0.2) is 4.39 Å². The molecule has 0 aliphatic rings. The molecule has 1 heterocycles. The lowest BCUT2D eigenvalue weighted by Crippen LogP contribution is -2.03. The van der Waals surface area contributed by atoms with Crippen molar-refractivity contribution in [3.8, 4) is 23.0 Å². The van der Waals surface area contributed by atoms with Gasteiger partial charge < -0.3 is 9.40 Å². The van der Waals surface area contributed by atoms with Crippen molar-refractivity contribution >= 4 is 5.71 Å². The third kappa shape index (κ3) is 4.70. The third-order valence-corrected chi connectivity index (χ3v) is 5.60. The number of halogens is 1. The first-order valence-corrected chi connectivity index (χ1v) is 10.7. The van der Waals surface area contributed by atoms with Gasteiger partial charge in [-0.2, -0.15) is 5.26 Å². The van der Waals surface area contributed by atoms with Crippen molar-refractivity contribution in [1.82, 2.24) is 4.57 Å². The summed E-state index contributed by atoms with van der Waals surface area (Å²) in [6, 6.07) is 26.3. The monoisotopic (exact) mass is 437 g/mol. The molecule has 0 amide bonds. The molecule has 5 heteroatoms. The minimum absolute atomic E-state index is 0.212. The molecule has 0 aliphatic carbocycles. The summed E-state index contributed by atoms with van der Waals surface area (Å²) in [5.74, 6) is -0.270. The normalized spacial score (nSPS) is 11.3. The molecule has 0 radical (unpaired) electrons. The number of nitrogens with zero attached hydrogens (tertiary/aromatic N) is 3. The van der Waals surface area contributed by atoms with Gasteiger partial charge in [0.25, 0.3) is 0 Å². The van der Waals surface area contributed by atoms with Crippen molar-refractivity contribution in [2.24, 2.45) is 5.16 Å². The summed E-state index contributed by atoms with van der Waals surface area (Å²) in [7, 11) is 0. The molecule has 3 aromatic carbocycles. The van der Waals surface area contributed by atoms with E-state index < -0.39 is 0 Å². The summed E-state index contributed by atoms with van der Waals surface area (Å²) >= 11 is 0. The molecular formula is C28H24FN3O. The molecule has 0 N–H and O–H groups in total. The van der Waals surface area contributed by atoms with Crippen LogP contribution < -0.4 is 0 Å². The van der Waals surface area contributed by atoms with Crippen LogP contribution in [-0.2, 0) is 11.4 Å². The summed E-state index contributed by atoms with van der Waals surface area (Å²) in [5.41, 5.74) is 8.04. The van der Waals surface area contributed by atoms with Crippen molar-refractivity contribution in [2.45, 2.75) is 27.4 Å². The maximum atomic E-state index is 13.6. The Morgan fingerprint density at radius 1 is 1.00 bits per heavy atom. The van der Waals surface area contributed by atoms with E-state index in [0.29, 0.717) is 5.56 Å². The molecule has 4 nitrogen and oxygen atoms in total. The second-order valence-corrected chi connectivity index (χ2v) is 7.93. The van der Waals surface area contributed by atoms with Gasteiger partial charge in [0, 0.05) is 22.5 Å². The molecule has 0 bridgehead atoms. The van der Waals surface area contributed by atoms with Gasteiger partial charge in [-0.1, -0.05) is 35.5 Å². The third-order valence-electron chi connectivity index (χ3n) is 5.60. The molecule has 4 aromatic rings. The number of benzene rings is 3. The van der Waals surface area contributed by atoms with E-state index in [2.05, 4.69) is 47.0 Å². The molecule has 33 heavy (non-hydrogen) atoms. The second-order valence-electron chi connectivity index (χ2n) is 7.93. The van der Waals surface area contributed by atoms with Crippen molar-refractivity contribution < 1.29 is 9.23 Å². The average molecular weight is 438 g/mol. The van der Waals surface area contributed by atoms with E-state index in [1.807, 2.05) is 38.1 Å². The number of oxime groups is 1. The zero-order chi connectivity index (χ0) is 23.4. The highest BCUT2D eigenvalue weighted by atomic mass is 19.1. The molecular weight excluding hydrogens is 413 g/mol. The highest BCUT2D eigenvalue weighted by molar-refractivity contribution is 6.01. The van der Waals surface area contributed by atoms with Gasteiger partial charge in [-0.05, 0) is 80.4 Å². The molecule has 0 atom stereocenters. The van der Waals surface area contributed by atoms with E-state index in [1.54, 1.807) is 18.2 Å². The fourth-order valence-corrected chi connectivity index (χ4v) is 3.91. The SMILES string of the molecule is CC(=NOCc1ccccc1C#N)c1cc(-c2ccc(F)cc2)n(-c2cccc(C)c2)c1C. The van der Waals surface area contributed by atoms with Gasteiger partial charge in [0.1, 0.15) is 12.4 Å². The Labute approximate surface area is 193 Å². The molecule has 0 aliphatic heterocycles. The van der Waals surface area contributed by atoms with E-state index in [0.717, 1.165) is 45.0 Å². The first-order chi connectivity index (χ1) is 16.0. The zero-order valence-corrected chi connectivity index (χ0v) is 18.8. The largest absolute Gasteiger partial charge is 0.391 e. The lowest BCUT2D eigenvalue weighted by Gasteiger charge is -2.13. The maximum absolute atomic E-state index is 13.6. The van der Waals surface area contributed by atoms with Gasteiger partial charge in [0.2, 0.25) is 0 Å². The van der Waals surface area contributed by atoms with Crippen LogP contribution in [0.3, 0.4) is 0 Å². The predicted octanol–water partition coefficient (Wildman–Crippen LogP) is 6.71. The first kappa shape index (κ1) is 22.0. The minimum Gasteiger partial charge on any atom is -0.391 e. The van der Waals surface area contributed by atoms with Crippen LogP contribution in [0.1, 0.15) is 34.9 Å². The summed E-state index contributed by atoms with van der Waals surface area (Å²) in [4.78, 5) is 5.61. The Kier molecular flexibility index (Phi) is 6.37. The number of nitriles is 1. The number of hydrogen-bond acceptors (Lipinski definition) is 3. The molecule has 1 aromatic heterocycles. The highest BCUT2D eigenvalue weighted by Gasteiger charge is 2.17. The molecule has 0 saturated carbocycles. The van der Waals surface area contributed by atoms with Crippen LogP contribution in [0.15, 0.2) is 84.0 Å². The van der Waals surface area contributed by atoms with Gasteiger partial charge in [-0.15, -0.1) is 0 Å². The fraction of sp³-hybridized carbons (Fsp3) is 0.143. The lowest BCUT2D eigenvalue weighted by molar-refractivity contribution is 0.130. The van der Waals surface area contributed by atoms with Crippen LogP contribution in [0.25, 0.3) is 16.9 Å². The van der Waals surface area contributed by atoms with Gasteiger partial charge in [-0.3, -0.25) is 0 Å². The number of aromatic nitrogens is 1. The first-order valence-electron chi connectivity index (χ1n) is 10.7. The van der Waals surface area contributed by atoms with E-state index in [9.17, 15) is 9.65 Å². The van der Waals surface area contributed by atoms with Crippen molar-refractivity contribution in [3.63, 3.8) is 0 Å². The van der Waals surface area contributed by atoms with Crippen LogP contribution in [0.2, 0.25) is 0 Å². The number of rotatable bonds is 6. The Balaban J connectivity index is 1.72. The topological polar surface area (TPSA) is 50.3 Å². The molecule has 0 spiro atoms. The smallest absolute Gasteiger partial charge is 0.143 e. The standard InChI is InChI=1S/C28H24FN3O/c1-19-7-6-10-26(15-19)32-21(3)27(16-28(32)22-11-13-25(29)14-12-22)20(2)31-33-18-24-9-5-4-8-23(24)17-30/h4-16H,18H2,1-3H3. The Morgan fingerprint density at radius 2 is 1.76 bits per heavy atom. The highest BCUT2D eigenvalue weighted by Crippen LogP contribution is 2.30. The lowest BCUT2D eigenvalue weighted by atomic mass is 10.1. The van der Waals surface area contributed by atoms with Gasteiger partial charge in [0.05, 0.1) is 23.0 Å². The summed E-state index contributed by atoms with van der Waals surface area (Å²) in [6.07, 6.45) is 0. The second kappa shape index (κ2) is 9.54. The Hall–Kier alpha value is -4.17. The van der Waals surface area contributed by atoms with E-state index >= 15 is 0 Å². The minimum atomic E-state index is -0.270. The quantitative estimate of drug-likeness (QED) is 0.249. The average Bonchev–Trinajstić information content (AvgIpc) is 3.17. The molecule has 0 fully saturated rings. The Bertz CT molecular complexity index is 1360. The predicted molar refractivity (Wildman–Crippen MR) is 129 cm³/mol. The van der Waals surface area contributed by atoms with Crippen LogP contribution in [0, 0.1) is 31.0 Å². The van der Waals surface area contributed by atoms with Gasteiger partial charge in [0.15, 0.2) is 0 Å². The Morgan fingerprint density at radius 3 is 2.48 bits per heavy atom. The molecule has 4 rings (SSSR count).